The van der Waals surface area contributed by atoms with Gasteiger partial charge >= 0.3 is 6.09 Å². The Kier molecular flexibility index (Phi) is 4.98. The molecule has 30 heavy (non-hydrogen) atoms. The number of likely N-dealkylation sites (tertiary alicyclic amines) is 1. The van der Waals surface area contributed by atoms with E-state index in [1.165, 1.54) is 0 Å². The van der Waals surface area contributed by atoms with Crippen LogP contribution in [-0.2, 0) is 11.3 Å². The summed E-state index contributed by atoms with van der Waals surface area (Å²) in [5.41, 5.74) is 2.49. The zero-order chi connectivity index (χ0) is 21.5. The van der Waals surface area contributed by atoms with Gasteiger partial charge in [0.2, 0.25) is 0 Å². The van der Waals surface area contributed by atoms with Crippen LogP contribution in [0.15, 0.2) is 48.5 Å². The van der Waals surface area contributed by atoms with Crippen LogP contribution in [0.1, 0.15) is 53.7 Å². The van der Waals surface area contributed by atoms with Crippen LogP contribution in [0.4, 0.5) is 4.79 Å². The van der Waals surface area contributed by atoms with Crippen LogP contribution >= 0.6 is 0 Å². The van der Waals surface area contributed by atoms with Crippen molar-refractivity contribution in [2.75, 3.05) is 13.1 Å². The van der Waals surface area contributed by atoms with E-state index in [4.69, 9.17) is 4.74 Å². The molecule has 154 valence electrons. The third-order valence-electron chi connectivity index (χ3n) is 5.64. The molecule has 0 N–H and O–H groups in total. The van der Waals surface area contributed by atoms with Crippen LogP contribution in [0, 0.1) is 11.3 Å². The Morgan fingerprint density at radius 1 is 1.13 bits per heavy atom. The minimum Gasteiger partial charge on any atom is -0.444 e. The van der Waals surface area contributed by atoms with Crippen LogP contribution in [0.3, 0.4) is 0 Å². The summed E-state index contributed by atoms with van der Waals surface area (Å²) in [4.78, 5) is 29.5. The van der Waals surface area contributed by atoms with Crippen molar-refractivity contribution in [2.24, 2.45) is 0 Å². The Balaban J connectivity index is 1.63. The monoisotopic (exact) mass is 403 g/mol. The van der Waals surface area contributed by atoms with E-state index in [1.54, 1.807) is 17.0 Å². The van der Waals surface area contributed by atoms with Gasteiger partial charge in [0, 0.05) is 31.1 Å². The molecule has 0 aromatic heterocycles. The molecular weight excluding hydrogens is 378 g/mol. The number of hydrogen-bond donors (Lipinski definition) is 0. The molecule has 1 fully saturated rings. The number of carbonyl (C=O) groups is 2. The lowest BCUT2D eigenvalue weighted by atomic mass is 9.93. The van der Waals surface area contributed by atoms with Gasteiger partial charge in [0.25, 0.3) is 5.91 Å². The summed E-state index contributed by atoms with van der Waals surface area (Å²) in [5.74, 6) is -0.0912. The second kappa shape index (κ2) is 7.49. The summed E-state index contributed by atoms with van der Waals surface area (Å²) >= 11 is 0. The normalized spacial score (nSPS) is 20.8. The second-order valence-corrected chi connectivity index (χ2v) is 8.89. The molecule has 1 saturated heterocycles. The van der Waals surface area contributed by atoms with Crippen molar-refractivity contribution in [1.82, 2.24) is 9.80 Å². The molecule has 6 heteroatoms. The average Bonchev–Trinajstić information content (AvgIpc) is 3.29. The lowest BCUT2D eigenvalue weighted by Crippen LogP contribution is -2.41. The number of carbonyl (C=O) groups excluding carboxylic acids is 2. The van der Waals surface area contributed by atoms with Crippen molar-refractivity contribution < 1.29 is 14.3 Å². The summed E-state index contributed by atoms with van der Waals surface area (Å²) in [5, 5.41) is 9.18. The molecule has 2 amide bonds. The van der Waals surface area contributed by atoms with Gasteiger partial charge in [0.1, 0.15) is 5.60 Å². The Morgan fingerprint density at radius 2 is 1.87 bits per heavy atom. The van der Waals surface area contributed by atoms with E-state index in [2.05, 4.69) is 6.07 Å². The van der Waals surface area contributed by atoms with Gasteiger partial charge in [0.05, 0.1) is 17.7 Å². The zero-order valence-corrected chi connectivity index (χ0v) is 17.5. The van der Waals surface area contributed by atoms with Crippen molar-refractivity contribution in [1.29, 1.82) is 5.26 Å². The third-order valence-corrected chi connectivity index (χ3v) is 5.64. The highest BCUT2D eigenvalue weighted by atomic mass is 16.6. The number of fused-ring (bicyclic) bond motifs is 1. The summed E-state index contributed by atoms with van der Waals surface area (Å²) in [6.45, 7) is 6.93. The molecule has 0 saturated carbocycles. The van der Waals surface area contributed by atoms with Crippen molar-refractivity contribution in [2.45, 2.75) is 44.9 Å². The van der Waals surface area contributed by atoms with Gasteiger partial charge in [-0.2, -0.15) is 5.26 Å². The molecule has 2 aliphatic rings. The average molecular weight is 403 g/mol. The Labute approximate surface area is 176 Å². The lowest BCUT2D eigenvalue weighted by molar-refractivity contribution is 0.0275. The molecular formula is C24H25N3O3. The molecule has 0 bridgehead atoms. The third kappa shape index (κ3) is 3.76. The minimum absolute atomic E-state index is 0.00702. The molecule has 2 atom stereocenters. The van der Waals surface area contributed by atoms with Crippen molar-refractivity contribution in [3.05, 3.63) is 70.8 Å². The van der Waals surface area contributed by atoms with Gasteiger partial charge in [0.15, 0.2) is 0 Å². The van der Waals surface area contributed by atoms with Crippen molar-refractivity contribution in [3.8, 4) is 6.07 Å². The number of hydrogen-bond acceptors (Lipinski definition) is 4. The Hall–Kier alpha value is -3.33. The van der Waals surface area contributed by atoms with E-state index in [1.807, 2.05) is 62.1 Å². The standard InChI is InChI=1S/C24H25N3O3/c1-24(2,3)30-23(29)26-14-20(17-7-5-4-6-8-17)21(15-26)27-13-18-10-9-16(12-25)11-19(18)22(27)28/h4-11,20-21H,13-15H2,1-3H3/t20-,21+/m0/s1. The van der Waals surface area contributed by atoms with Gasteiger partial charge in [-0.25, -0.2) is 4.79 Å². The first-order valence-corrected chi connectivity index (χ1v) is 10.1. The van der Waals surface area contributed by atoms with Crippen LogP contribution in [0.5, 0.6) is 0 Å². The topological polar surface area (TPSA) is 73.6 Å². The highest BCUT2D eigenvalue weighted by Gasteiger charge is 2.44. The molecule has 4 rings (SSSR count). The van der Waals surface area contributed by atoms with Gasteiger partial charge in [-0.15, -0.1) is 0 Å². The zero-order valence-electron chi connectivity index (χ0n) is 17.5. The molecule has 2 heterocycles. The summed E-state index contributed by atoms with van der Waals surface area (Å²) in [7, 11) is 0. The number of ether oxygens (including phenoxy) is 1. The van der Waals surface area contributed by atoms with E-state index in [9.17, 15) is 14.9 Å². The van der Waals surface area contributed by atoms with E-state index in [0.29, 0.717) is 30.8 Å². The van der Waals surface area contributed by atoms with Crippen molar-refractivity contribution >= 4 is 12.0 Å². The highest BCUT2D eigenvalue weighted by Crippen LogP contribution is 2.36. The summed E-state index contributed by atoms with van der Waals surface area (Å²) in [6, 6.07) is 17.2. The number of amides is 2. The molecule has 6 nitrogen and oxygen atoms in total. The minimum atomic E-state index is -0.579. The first-order chi connectivity index (χ1) is 14.3. The SMILES string of the molecule is CC(C)(C)OC(=O)N1C[C@@H](N2Cc3ccc(C#N)cc3C2=O)[C@H](c2ccccc2)C1. The molecule has 2 aromatic carbocycles. The van der Waals surface area contributed by atoms with Gasteiger partial charge < -0.3 is 14.5 Å². The second-order valence-electron chi connectivity index (χ2n) is 8.89. The number of nitrogens with zero attached hydrogens (tertiary/aromatic N) is 3. The fourth-order valence-electron chi connectivity index (χ4n) is 4.27. The van der Waals surface area contributed by atoms with E-state index >= 15 is 0 Å². The molecule has 0 unspecified atom stereocenters. The van der Waals surface area contributed by atoms with Crippen LogP contribution in [-0.4, -0.2) is 46.5 Å². The summed E-state index contributed by atoms with van der Waals surface area (Å²) in [6.07, 6.45) is -0.359. The van der Waals surface area contributed by atoms with E-state index in [0.717, 1.165) is 11.1 Å². The maximum absolute atomic E-state index is 13.2. The van der Waals surface area contributed by atoms with Crippen LogP contribution < -0.4 is 0 Å². The first kappa shape index (κ1) is 20.0. The number of rotatable bonds is 2. The molecule has 0 spiro atoms. The fourth-order valence-corrected chi connectivity index (χ4v) is 4.27. The molecule has 0 aliphatic carbocycles. The predicted octanol–water partition coefficient (Wildman–Crippen LogP) is 3.92. The maximum atomic E-state index is 13.2. The summed E-state index contributed by atoms with van der Waals surface area (Å²) < 4.78 is 5.58. The fraction of sp³-hybridized carbons (Fsp3) is 0.375. The molecule has 0 radical (unpaired) electrons. The van der Waals surface area contributed by atoms with Gasteiger partial charge in [-0.05, 0) is 44.0 Å². The van der Waals surface area contributed by atoms with Gasteiger partial charge in [-0.1, -0.05) is 36.4 Å². The predicted molar refractivity (Wildman–Crippen MR) is 112 cm³/mol. The van der Waals surface area contributed by atoms with Crippen molar-refractivity contribution in [3.63, 3.8) is 0 Å². The quantitative estimate of drug-likeness (QED) is 0.762. The highest BCUT2D eigenvalue weighted by molar-refractivity contribution is 5.99. The smallest absolute Gasteiger partial charge is 0.410 e. The molecule has 2 aromatic rings. The maximum Gasteiger partial charge on any atom is 0.410 e. The number of nitriles is 1. The van der Waals surface area contributed by atoms with Crippen LogP contribution in [0.2, 0.25) is 0 Å². The Morgan fingerprint density at radius 3 is 2.53 bits per heavy atom. The first-order valence-electron chi connectivity index (χ1n) is 10.1. The Bertz CT molecular complexity index is 1020. The largest absolute Gasteiger partial charge is 0.444 e. The van der Waals surface area contributed by atoms with Crippen LogP contribution in [0.25, 0.3) is 0 Å². The lowest BCUT2D eigenvalue weighted by Gasteiger charge is -2.29. The van der Waals surface area contributed by atoms with E-state index in [-0.39, 0.29) is 24.0 Å². The van der Waals surface area contributed by atoms with E-state index < -0.39 is 5.60 Å². The van der Waals surface area contributed by atoms with Gasteiger partial charge in [-0.3, -0.25) is 4.79 Å². The molecule has 2 aliphatic heterocycles. The number of benzene rings is 2.